The highest BCUT2D eigenvalue weighted by Gasteiger charge is 2.59. The van der Waals surface area contributed by atoms with Gasteiger partial charge in [-0.25, -0.2) is 0 Å². The zero-order valence-corrected chi connectivity index (χ0v) is 10.7. The van der Waals surface area contributed by atoms with Gasteiger partial charge in [0.15, 0.2) is 0 Å². The Morgan fingerprint density at radius 1 is 1.50 bits per heavy atom. The average molecular weight is 245 g/mol. The number of carbonyl (C=O) groups excluding carboxylic acids is 1. The first-order chi connectivity index (χ1) is 7.21. The highest BCUT2D eigenvalue weighted by Crippen LogP contribution is 2.57. The maximum atomic E-state index is 12.1. The van der Waals surface area contributed by atoms with Crippen molar-refractivity contribution in [3.63, 3.8) is 0 Å². The Bertz CT molecular complexity index is 285. The number of amides is 1. The van der Waals surface area contributed by atoms with Gasteiger partial charge in [-0.15, -0.1) is 12.4 Å². The molecule has 2 atom stereocenters. The third-order valence-electron chi connectivity index (χ3n) is 4.37. The van der Waals surface area contributed by atoms with Crippen LogP contribution >= 0.6 is 12.4 Å². The Kier molecular flexibility index (Phi) is 3.19. The lowest BCUT2D eigenvalue weighted by Crippen LogP contribution is -2.32. The molecule has 0 aromatic rings. The van der Waals surface area contributed by atoms with Crippen LogP contribution in [0.25, 0.3) is 0 Å². The van der Waals surface area contributed by atoms with Crippen molar-refractivity contribution in [1.82, 2.24) is 10.2 Å². The Morgan fingerprint density at radius 3 is 2.81 bits per heavy atom. The topological polar surface area (TPSA) is 32.3 Å². The van der Waals surface area contributed by atoms with Gasteiger partial charge in [-0.3, -0.25) is 4.79 Å². The minimum Gasteiger partial charge on any atom is -0.345 e. The van der Waals surface area contributed by atoms with Crippen molar-refractivity contribution in [2.45, 2.75) is 25.7 Å². The van der Waals surface area contributed by atoms with Crippen LogP contribution in [-0.4, -0.2) is 37.5 Å². The number of rotatable bonds is 3. The van der Waals surface area contributed by atoms with Gasteiger partial charge in [0, 0.05) is 26.1 Å². The van der Waals surface area contributed by atoms with E-state index in [-0.39, 0.29) is 12.4 Å². The monoisotopic (exact) mass is 244 g/mol. The summed E-state index contributed by atoms with van der Waals surface area (Å²) in [5.74, 6) is 1.57. The van der Waals surface area contributed by atoms with E-state index in [9.17, 15) is 4.79 Å². The van der Waals surface area contributed by atoms with Gasteiger partial charge in [0.05, 0.1) is 0 Å². The summed E-state index contributed by atoms with van der Waals surface area (Å²) >= 11 is 0. The number of carbonyl (C=O) groups is 1. The van der Waals surface area contributed by atoms with E-state index in [2.05, 4.69) is 5.32 Å². The van der Waals surface area contributed by atoms with Crippen molar-refractivity contribution in [3.05, 3.63) is 0 Å². The molecule has 1 heterocycles. The van der Waals surface area contributed by atoms with E-state index < -0.39 is 0 Å². The molecule has 16 heavy (non-hydrogen) atoms. The summed E-state index contributed by atoms with van der Waals surface area (Å²) in [4.78, 5) is 14.1. The molecule has 3 aliphatic rings. The van der Waals surface area contributed by atoms with E-state index >= 15 is 0 Å². The van der Waals surface area contributed by atoms with Crippen LogP contribution in [0.1, 0.15) is 25.7 Å². The first-order valence-corrected chi connectivity index (χ1v) is 6.17. The molecule has 1 saturated heterocycles. The summed E-state index contributed by atoms with van der Waals surface area (Å²) in [7, 11) is 1.98. The Labute approximate surface area is 103 Å². The van der Waals surface area contributed by atoms with E-state index in [1.807, 2.05) is 11.9 Å². The molecule has 92 valence electrons. The molecule has 1 amide bonds. The first kappa shape index (κ1) is 12.2. The summed E-state index contributed by atoms with van der Waals surface area (Å²) < 4.78 is 0. The summed E-state index contributed by atoms with van der Waals surface area (Å²) in [5.41, 5.74) is 0.370. The SMILES string of the molecule is CN(CC1CC1)C(=O)C1CC12CCNC2.Cl. The molecule has 1 spiro atoms. The molecule has 2 saturated carbocycles. The third-order valence-corrected chi connectivity index (χ3v) is 4.37. The zero-order valence-electron chi connectivity index (χ0n) is 9.87. The maximum absolute atomic E-state index is 12.1. The van der Waals surface area contributed by atoms with Gasteiger partial charge in [0.1, 0.15) is 0 Å². The van der Waals surface area contributed by atoms with Crippen LogP contribution < -0.4 is 5.32 Å². The fourth-order valence-electron chi connectivity index (χ4n) is 2.98. The summed E-state index contributed by atoms with van der Waals surface area (Å²) in [5, 5.41) is 3.38. The van der Waals surface area contributed by atoms with Crippen molar-refractivity contribution in [2.75, 3.05) is 26.7 Å². The molecular formula is C12H21ClN2O. The predicted molar refractivity (Wildman–Crippen MR) is 65.6 cm³/mol. The Hall–Kier alpha value is -0.280. The van der Waals surface area contributed by atoms with Crippen molar-refractivity contribution in [2.24, 2.45) is 17.3 Å². The van der Waals surface area contributed by atoms with Gasteiger partial charge in [0.25, 0.3) is 0 Å². The third kappa shape index (κ3) is 2.07. The van der Waals surface area contributed by atoms with E-state index in [4.69, 9.17) is 0 Å². The smallest absolute Gasteiger partial charge is 0.226 e. The first-order valence-electron chi connectivity index (χ1n) is 6.17. The largest absolute Gasteiger partial charge is 0.345 e. The zero-order chi connectivity index (χ0) is 10.5. The fourth-order valence-corrected chi connectivity index (χ4v) is 2.98. The number of hydrogen-bond acceptors (Lipinski definition) is 2. The predicted octanol–water partition coefficient (Wildman–Crippen LogP) is 1.28. The van der Waals surface area contributed by atoms with Gasteiger partial charge < -0.3 is 10.2 Å². The molecular weight excluding hydrogens is 224 g/mol. The van der Waals surface area contributed by atoms with E-state index in [0.29, 0.717) is 17.2 Å². The molecule has 0 aromatic heterocycles. The number of nitrogens with zero attached hydrogens (tertiary/aromatic N) is 1. The second-order valence-corrected chi connectivity index (χ2v) is 5.71. The van der Waals surface area contributed by atoms with E-state index in [1.54, 1.807) is 0 Å². The van der Waals surface area contributed by atoms with Crippen LogP contribution in [-0.2, 0) is 4.79 Å². The number of nitrogens with one attached hydrogen (secondary N) is 1. The minimum atomic E-state index is 0. The van der Waals surface area contributed by atoms with Gasteiger partial charge in [-0.1, -0.05) is 0 Å². The molecule has 0 bridgehead atoms. The maximum Gasteiger partial charge on any atom is 0.226 e. The lowest BCUT2D eigenvalue weighted by Gasteiger charge is -2.18. The fraction of sp³-hybridized carbons (Fsp3) is 0.917. The van der Waals surface area contributed by atoms with Crippen LogP contribution in [0, 0.1) is 17.3 Å². The highest BCUT2D eigenvalue weighted by atomic mass is 35.5. The molecule has 3 rings (SSSR count). The molecule has 3 nitrogen and oxygen atoms in total. The summed E-state index contributed by atoms with van der Waals surface area (Å²) in [6, 6.07) is 0. The average Bonchev–Trinajstić information content (AvgIpc) is 3.06. The summed E-state index contributed by atoms with van der Waals surface area (Å²) in [6.45, 7) is 3.18. The van der Waals surface area contributed by atoms with Gasteiger partial charge >= 0.3 is 0 Å². The summed E-state index contributed by atoms with van der Waals surface area (Å²) in [6.07, 6.45) is 5.00. The van der Waals surface area contributed by atoms with Crippen LogP contribution in [0.15, 0.2) is 0 Å². The standard InChI is InChI=1S/C12H20N2O.ClH/c1-14(7-9-2-3-9)11(15)10-6-12(10)4-5-13-8-12;/h9-10,13H,2-8H2,1H3;1H. The quantitative estimate of drug-likeness (QED) is 0.811. The van der Waals surface area contributed by atoms with Gasteiger partial charge in [0.2, 0.25) is 5.91 Å². The van der Waals surface area contributed by atoms with Crippen molar-refractivity contribution in [1.29, 1.82) is 0 Å². The minimum absolute atomic E-state index is 0. The van der Waals surface area contributed by atoms with Crippen LogP contribution in [0.3, 0.4) is 0 Å². The molecule has 4 heteroatoms. The molecule has 1 N–H and O–H groups in total. The van der Waals surface area contributed by atoms with Gasteiger partial charge in [-0.05, 0) is 43.6 Å². The Morgan fingerprint density at radius 2 is 2.25 bits per heavy atom. The van der Waals surface area contributed by atoms with Crippen molar-refractivity contribution >= 4 is 18.3 Å². The molecule has 2 unspecified atom stereocenters. The lowest BCUT2D eigenvalue weighted by molar-refractivity contribution is -0.132. The van der Waals surface area contributed by atoms with Crippen molar-refractivity contribution in [3.8, 4) is 0 Å². The number of hydrogen-bond donors (Lipinski definition) is 1. The van der Waals surface area contributed by atoms with E-state index in [0.717, 1.165) is 32.0 Å². The molecule has 0 radical (unpaired) electrons. The highest BCUT2D eigenvalue weighted by molar-refractivity contribution is 5.85. The van der Waals surface area contributed by atoms with Crippen LogP contribution in [0.2, 0.25) is 0 Å². The molecule has 2 aliphatic carbocycles. The second kappa shape index (κ2) is 4.19. The Balaban J connectivity index is 0.000000963. The molecule has 0 aromatic carbocycles. The van der Waals surface area contributed by atoms with Crippen molar-refractivity contribution < 1.29 is 4.79 Å². The van der Waals surface area contributed by atoms with E-state index in [1.165, 1.54) is 19.3 Å². The van der Waals surface area contributed by atoms with Gasteiger partial charge in [-0.2, -0.15) is 0 Å². The van der Waals surface area contributed by atoms with Crippen LogP contribution in [0.5, 0.6) is 0 Å². The van der Waals surface area contributed by atoms with Crippen LogP contribution in [0.4, 0.5) is 0 Å². The number of halogens is 1. The molecule has 3 fully saturated rings. The lowest BCUT2D eigenvalue weighted by atomic mass is 10.0. The second-order valence-electron chi connectivity index (χ2n) is 5.71. The normalized spacial score (nSPS) is 35.9. The molecule has 1 aliphatic heterocycles.